The highest BCUT2D eigenvalue weighted by Gasteiger charge is 2.67. The Morgan fingerprint density at radius 1 is 1.03 bits per heavy atom. The van der Waals surface area contributed by atoms with Gasteiger partial charge in [0.15, 0.2) is 5.78 Å². The van der Waals surface area contributed by atoms with Crippen LogP contribution in [0.2, 0.25) is 0 Å². The van der Waals surface area contributed by atoms with E-state index in [1.165, 1.54) is 6.07 Å². The number of aliphatic hydroxyl groups excluding tert-OH is 2. The van der Waals surface area contributed by atoms with Gasteiger partial charge >= 0.3 is 5.97 Å². The average molecular weight is 445 g/mol. The van der Waals surface area contributed by atoms with Gasteiger partial charge in [0.25, 0.3) is 0 Å². The molecule has 174 valence electrons. The normalized spacial score (nSPS) is 42.0. The second-order valence-corrected chi connectivity index (χ2v) is 11.3. The first-order chi connectivity index (χ1) is 14.8. The number of hydrogen-bond donors (Lipinski definition) is 3. The molecule has 0 aromatic heterocycles. The van der Waals surface area contributed by atoms with Crippen molar-refractivity contribution in [3.8, 4) is 11.5 Å². The van der Waals surface area contributed by atoms with Crippen molar-refractivity contribution < 1.29 is 34.4 Å². The highest BCUT2D eigenvalue weighted by atomic mass is 16.5. The van der Waals surface area contributed by atoms with E-state index in [1.54, 1.807) is 0 Å². The topological polar surface area (TPSA) is 113 Å². The molecular weight excluding hydrogens is 412 g/mol. The highest BCUT2D eigenvalue weighted by Crippen LogP contribution is 2.64. The van der Waals surface area contributed by atoms with E-state index < -0.39 is 34.6 Å². The largest absolute Gasteiger partial charge is 0.507 e. The first-order valence-corrected chi connectivity index (χ1v) is 11.5. The molecule has 32 heavy (non-hydrogen) atoms. The zero-order valence-corrected chi connectivity index (χ0v) is 19.3. The number of aromatic hydroxyl groups is 1. The number of ether oxygens (including phenoxy) is 2. The van der Waals surface area contributed by atoms with E-state index in [0.717, 1.165) is 11.1 Å². The molecule has 0 unspecified atom stereocenters. The third-order valence-corrected chi connectivity index (χ3v) is 9.08. The van der Waals surface area contributed by atoms with Gasteiger partial charge in [-0.15, -0.1) is 0 Å². The number of aliphatic hydroxyl groups is 2. The summed E-state index contributed by atoms with van der Waals surface area (Å²) in [6.45, 7) is 9.53. The minimum absolute atomic E-state index is 0.124. The molecule has 2 fully saturated rings. The van der Waals surface area contributed by atoms with Crippen LogP contribution in [0.1, 0.15) is 68.9 Å². The molecule has 2 heterocycles. The summed E-state index contributed by atoms with van der Waals surface area (Å²) in [5, 5.41) is 32.6. The molecule has 0 radical (unpaired) electrons. The van der Waals surface area contributed by atoms with Gasteiger partial charge in [-0.2, -0.15) is 0 Å². The standard InChI is InChI=1S/C25H32O7/c1-11-6-13-12-7-18-24(4)10-15(27)21(29)23(2,3)17(24)9-19(28)25(18,5)32-16(12)8-14(26)20(13)22(30)31-11/h8,11,15,17-19,26-28H,6-7,9-10H2,1-5H3/t11-,15+,17-,18+,19-,24-,25+/m0/s1. The number of carbonyl (C=O) groups is 2. The van der Waals surface area contributed by atoms with Crippen LogP contribution in [0, 0.1) is 22.7 Å². The van der Waals surface area contributed by atoms with Gasteiger partial charge in [0.2, 0.25) is 0 Å². The quantitative estimate of drug-likeness (QED) is 0.527. The van der Waals surface area contributed by atoms with Crippen molar-refractivity contribution in [1.29, 1.82) is 0 Å². The molecule has 7 heteroatoms. The van der Waals surface area contributed by atoms with E-state index in [2.05, 4.69) is 6.92 Å². The Balaban J connectivity index is 1.68. The van der Waals surface area contributed by atoms with Crippen LogP contribution in [-0.2, 0) is 22.4 Å². The van der Waals surface area contributed by atoms with E-state index in [-0.39, 0.29) is 35.0 Å². The van der Waals surface area contributed by atoms with Crippen LogP contribution in [0.3, 0.4) is 0 Å². The molecular formula is C25H32O7. The van der Waals surface area contributed by atoms with Crippen LogP contribution < -0.4 is 4.74 Å². The fraction of sp³-hybridized carbons (Fsp3) is 0.680. The summed E-state index contributed by atoms with van der Waals surface area (Å²) < 4.78 is 11.8. The molecule has 4 aliphatic rings. The molecule has 5 rings (SSSR count). The number of rotatable bonds is 0. The van der Waals surface area contributed by atoms with Gasteiger partial charge in [-0.3, -0.25) is 4.79 Å². The van der Waals surface area contributed by atoms with Crippen LogP contribution in [0.5, 0.6) is 11.5 Å². The number of fused-ring (bicyclic) bond motifs is 6. The Labute approximate surface area is 187 Å². The number of hydrogen-bond acceptors (Lipinski definition) is 7. The maximum absolute atomic E-state index is 12.8. The lowest BCUT2D eigenvalue weighted by Gasteiger charge is -2.64. The molecule has 7 nitrogen and oxygen atoms in total. The Morgan fingerprint density at radius 3 is 2.41 bits per heavy atom. The predicted molar refractivity (Wildman–Crippen MR) is 115 cm³/mol. The van der Waals surface area contributed by atoms with Crippen molar-refractivity contribution in [2.24, 2.45) is 22.7 Å². The van der Waals surface area contributed by atoms with E-state index >= 15 is 0 Å². The summed E-state index contributed by atoms with van der Waals surface area (Å²) in [5.74, 6) is -0.727. The Hall–Kier alpha value is -2.12. The number of carbonyl (C=O) groups excluding carboxylic acids is 2. The SMILES string of the molecule is C[C@H]1Cc2c3c(cc(O)c2C(=O)O1)O[C@]1(C)[C@H](C3)[C@@]2(C)C[C@@H](O)C(=O)C(C)(C)[C@@H]2C[C@@H]1O. The molecule has 0 amide bonds. The van der Waals surface area contributed by atoms with Gasteiger partial charge in [-0.1, -0.05) is 20.8 Å². The monoisotopic (exact) mass is 444 g/mol. The molecule has 2 saturated carbocycles. The lowest BCUT2D eigenvalue weighted by molar-refractivity contribution is -0.222. The van der Waals surface area contributed by atoms with E-state index in [4.69, 9.17) is 9.47 Å². The molecule has 1 aromatic rings. The number of phenolic OH excluding ortho intramolecular Hbond substituents is 1. The zero-order valence-electron chi connectivity index (χ0n) is 19.3. The fourth-order valence-corrected chi connectivity index (χ4v) is 7.46. The van der Waals surface area contributed by atoms with Gasteiger partial charge < -0.3 is 24.8 Å². The van der Waals surface area contributed by atoms with E-state index in [1.807, 2.05) is 27.7 Å². The van der Waals surface area contributed by atoms with Gasteiger partial charge in [0, 0.05) is 23.8 Å². The van der Waals surface area contributed by atoms with Gasteiger partial charge in [0.05, 0.1) is 6.10 Å². The Bertz CT molecular complexity index is 1030. The maximum Gasteiger partial charge on any atom is 0.342 e. The van der Waals surface area contributed by atoms with Gasteiger partial charge in [0.1, 0.15) is 34.9 Å². The molecule has 2 aliphatic carbocycles. The molecule has 2 aliphatic heterocycles. The lowest BCUT2D eigenvalue weighted by Crippen LogP contribution is -2.70. The molecule has 7 atom stereocenters. The smallest absolute Gasteiger partial charge is 0.342 e. The number of benzene rings is 1. The lowest BCUT2D eigenvalue weighted by atomic mass is 9.43. The Kier molecular flexibility index (Phi) is 4.39. The predicted octanol–water partition coefficient (Wildman–Crippen LogP) is 2.55. The maximum atomic E-state index is 12.8. The summed E-state index contributed by atoms with van der Waals surface area (Å²) >= 11 is 0. The molecule has 0 bridgehead atoms. The van der Waals surface area contributed by atoms with Gasteiger partial charge in [-0.05, 0) is 55.6 Å². The van der Waals surface area contributed by atoms with Gasteiger partial charge in [-0.25, -0.2) is 4.79 Å². The van der Waals surface area contributed by atoms with E-state index in [9.17, 15) is 24.9 Å². The summed E-state index contributed by atoms with van der Waals surface area (Å²) in [7, 11) is 0. The summed E-state index contributed by atoms with van der Waals surface area (Å²) in [4.78, 5) is 25.4. The first-order valence-electron chi connectivity index (χ1n) is 11.5. The molecule has 0 saturated heterocycles. The number of esters is 1. The third kappa shape index (κ3) is 2.61. The summed E-state index contributed by atoms with van der Waals surface area (Å²) in [5.41, 5.74) is -0.419. The van der Waals surface area contributed by atoms with Crippen LogP contribution in [0.4, 0.5) is 0 Å². The second kappa shape index (κ2) is 6.48. The van der Waals surface area contributed by atoms with Crippen LogP contribution >= 0.6 is 0 Å². The minimum atomic E-state index is -1.06. The zero-order chi connectivity index (χ0) is 23.4. The number of cyclic esters (lactones) is 1. The van der Waals surface area contributed by atoms with Crippen molar-refractivity contribution in [1.82, 2.24) is 0 Å². The molecule has 0 spiro atoms. The number of Topliss-reactive ketones (excluding diaryl/α,β-unsaturated/α-hetero) is 1. The summed E-state index contributed by atoms with van der Waals surface area (Å²) in [6.07, 6.45) is -0.494. The van der Waals surface area contributed by atoms with Crippen LogP contribution in [-0.4, -0.2) is 51.0 Å². The first kappa shape index (κ1) is 21.7. The van der Waals surface area contributed by atoms with E-state index in [0.29, 0.717) is 31.4 Å². The third-order valence-electron chi connectivity index (χ3n) is 9.08. The Morgan fingerprint density at radius 2 is 1.72 bits per heavy atom. The van der Waals surface area contributed by atoms with Crippen LogP contribution in [0.25, 0.3) is 0 Å². The fourth-order valence-electron chi connectivity index (χ4n) is 7.46. The van der Waals surface area contributed by atoms with Crippen molar-refractivity contribution >= 4 is 11.8 Å². The van der Waals surface area contributed by atoms with Crippen molar-refractivity contribution in [2.75, 3.05) is 0 Å². The minimum Gasteiger partial charge on any atom is -0.507 e. The van der Waals surface area contributed by atoms with Crippen molar-refractivity contribution in [3.63, 3.8) is 0 Å². The van der Waals surface area contributed by atoms with Crippen molar-refractivity contribution in [2.45, 2.75) is 84.2 Å². The molecule has 3 N–H and O–H groups in total. The molecule has 1 aromatic carbocycles. The highest BCUT2D eigenvalue weighted by molar-refractivity contribution is 5.96. The van der Waals surface area contributed by atoms with Crippen LogP contribution in [0.15, 0.2) is 6.07 Å². The number of ketones is 1. The van der Waals surface area contributed by atoms with Crippen molar-refractivity contribution in [3.05, 3.63) is 22.8 Å². The second-order valence-electron chi connectivity index (χ2n) is 11.3. The summed E-state index contributed by atoms with van der Waals surface area (Å²) in [6, 6.07) is 1.46. The number of phenols is 1. The average Bonchev–Trinajstić information content (AvgIpc) is 2.67.